The van der Waals surface area contributed by atoms with Crippen LogP contribution in [0.25, 0.3) is 12.2 Å². The van der Waals surface area contributed by atoms with Gasteiger partial charge >= 0.3 is 22.9 Å². The highest BCUT2D eigenvalue weighted by Gasteiger charge is 2.18. The van der Waals surface area contributed by atoms with Gasteiger partial charge in [-0.2, -0.15) is 0 Å². The number of aromatic amines is 2. The first-order chi connectivity index (χ1) is 13.4. The van der Waals surface area contributed by atoms with Crippen molar-refractivity contribution in [1.29, 1.82) is 0 Å². The second-order valence-electron chi connectivity index (χ2n) is 5.59. The highest BCUT2D eigenvalue weighted by molar-refractivity contribution is 5.91. The zero-order chi connectivity index (χ0) is 20.1. The molecule has 2 N–H and O–H groups in total. The SMILES string of the molecule is O=C(Oc1ccc(C=Cc2[nH]c(=O)[nH]c(=O)c2[N+](=O)[O-])cc1)c1ccccc1. The number of nitro groups is 1. The van der Waals surface area contributed by atoms with Crippen molar-refractivity contribution in [1.82, 2.24) is 9.97 Å². The first kappa shape index (κ1) is 18.5. The summed E-state index contributed by atoms with van der Waals surface area (Å²) in [5.41, 5.74) is -1.90. The maximum absolute atomic E-state index is 12.0. The molecule has 9 nitrogen and oxygen atoms in total. The average Bonchev–Trinajstić information content (AvgIpc) is 2.67. The molecule has 1 heterocycles. The van der Waals surface area contributed by atoms with E-state index in [2.05, 4.69) is 4.98 Å². The van der Waals surface area contributed by atoms with Gasteiger partial charge in [-0.25, -0.2) is 9.59 Å². The Bertz CT molecular complexity index is 1160. The van der Waals surface area contributed by atoms with Gasteiger partial charge in [0.05, 0.1) is 10.5 Å². The standard InChI is InChI=1S/C19H13N3O6/c23-17-16(22(26)27)15(20-19(25)21-17)11-8-12-6-9-14(10-7-12)28-18(24)13-4-2-1-3-5-13/h1-11H,(H2,20,21,23,25). The van der Waals surface area contributed by atoms with Gasteiger partial charge in [-0.3, -0.25) is 19.9 Å². The molecule has 3 aromatic rings. The van der Waals surface area contributed by atoms with E-state index >= 15 is 0 Å². The first-order valence-corrected chi connectivity index (χ1v) is 8.00. The van der Waals surface area contributed by atoms with Crippen LogP contribution in [0.2, 0.25) is 0 Å². The lowest BCUT2D eigenvalue weighted by atomic mass is 10.2. The van der Waals surface area contributed by atoms with Crippen LogP contribution in [-0.2, 0) is 0 Å². The quantitative estimate of drug-likeness (QED) is 0.302. The molecule has 0 fully saturated rings. The number of benzene rings is 2. The molecule has 140 valence electrons. The Labute approximate surface area is 157 Å². The smallest absolute Gasteiger partial charge is 0.357 e. The molecular weight excluding hydrogens is 366 g/mol. The summed E-state index contributed by atoms with van der Waals surface area (Å²) in [7, 11) is 0. The molecule has 0 bridgehead atoms. The van der Waals surface area contributed by atoms with Crippen molar-refractivity contribution in [3.63, 3.8) is 0 Å². The van der Waals surface area contributed by atoms with Crippen molar-refractivity contribution in [3.05, 3.63) is 102 Å². The minimum absolute atomic E-state index is 0.224. The van der Waals surface area contributed by atoms with E-state index in [0.717, 1.165) is 0 Å². The number of nitrogens with one attached hydrogen (secondary N) is 2. The van der Waals surface area contributed by atoms with E-state index < -0.39 is 27.8 Å². The van der Waals surface area contributed by atoms with Crippen LogP contribution in [0.5, 0.6) is 5.75 Å². The third kappa shape index (κ3) is 4.28. The van der Waals surface area contributed by atoms with Crippen LogP contribution >= 0.6 is 0 Å². The molecule has 2 aromatic carbocycles. The van der Waals surface area contributed by atoms with E-state index in [0.29, 0.717) is 16.9 Å². The number of carbonyl (C=O) groups excluding carboxylic acids is 1. The number of aromatic nitrogens is 2. The molecule has 0 atom stereocenters. The van der Waals surface area contributed by atoms with Crippen molar-refractivity contribution >= 4 is 23.8 Å². The van der Waals surface area contributed by atoms with E-state index in [9.17, 15) is 24.5 Å². The maximum atomic E-state index is 12.0. The van der Waals surface area contributed by atoms with E-state index in [-0.39, 0.29) is 5.69 Å². The fraction of sp³-hybridized carbons (Fsp3) is 0. The Morgan fingerprint density at radius 3 is 2.29 bits per heavy atom. The number of carbonyl (C=O) groups is 1. The fourth-order valence-electron chi connectivity index (χ4n) is 2.37. The molecule has 0 saturated carbocycles. The van der Waals surface area contributed by atoms with Crippen molar-refractivity contribution in [2.24, 2.45) is 0 Å². The topological polar surface area (TPSA) is 135 Å². The van der Waals surface area contributed by atoms with E-state index in [4.69, 9.17) is 4.74 Å². The lowest BCUT2D eigenvalue weighted by Gasteiger charge is -2.04. The largest absolute Gasteiger partial charge is 0.423 e. The molecule has 3 rings (SSSR count). The lowest BCUT2D eigenvalue weighted by Crippen LogP contribution is -2.25. The van der Waals surface area contributed by atoms with Crippen molar-refractivity contribution < 1.29 is 14.5 Å². The van der Waals surface area contributed by atoms with Crippen LogP contribution in [0.3, 0.4) is 0 Å². The Kier molecular flexibility index (Phi) is 5.26. The highest BCUT2D eigenvalue weighted by atomic mass is 16.6. The number of hydrogen-bond acceptors (Lipinski definition) is 6. The average molecular weight is 379 g/mol. The molecule has 0 amide bonds. The summed E-state index contributed by atoms with van der Waals surface area (Å²) < 4.78 is 5.25. The van der Waals surface area contributed by atoms with Gasteiger partial charge in [-0.1, -0.05) is 36.4 Å². The Balaban J connectivity index is 1.78. The number of esters is 1. The fourth-order valence-corrected chi connectivity index (χ4v) is 2.37. The van der Waals surface area contributed by atoms with Gasteiger partial charge in [0.15, 0.2) is 0 Å². The summed E-state index contributed by atoms with van der Waals surface area (Å²) in [5.74, 6) is -0.179. The number of hydrogen-bond donors (Lipinski definition) is 2. The molecule has 0 aliphatic carbocycles. The minimum atomic E-state index is -1.09. The van der Waals surface area contributed by atoms with Gasteiger partial charge in [0, 0.05) is 0 Å². The molecule has 0 spiro atoms. The van der Waals surface area contributed by atoms with Crippen LogP contribution < -0.4 is 16.0 Å². The summed E-state index contributed by atoms with van der Waals surface area (Å²) in [5, 5.41) is 11.0. The Morgan fingerprint density at radius 2 is 1.64 bits per heavy atom. The van der Waals surface area contributed by atoms with Crippen LogP contribution in [0.1, 0.15) is 21.6 Å². The van der Waals surface area contributed by atoms with Crippen molar-refractivity contribution in [3.8, 4) is 5.75 Å². The molecule has 28 heavy (non-hydrogen) atoms. The molecule has 0 unspecified atom stereocenters. The van der Waals surface area contributed by atoms with Gasteiger partial charge in [-0.15, -0.1) is 0 Å². The maximum Gasteiger partial charge on any atom is 0.357 e. The summed E-state index contributed by atoms with van der Waals surface area (Å²) in [4.78, 5) is 49.1. The molecule has 0 aliphatic heterocycles. The summed E-state index contributed by atoms with van der Waals surface area (Å²) in [6.45, 7) is 0. The zero-order valence-electron chi connectivity index (χ0n) is 14.2. The van der Waals surface area contributed by atoms with E-state index in [1.165, 1.54) is 12.2 Å². The van der Waals surface area contributed by atoms with Gasteiger partial charge in [-0.05, 0) is 35.9 Å². The molecule has 0 aliphatic rings. The summed E-state index contributed by atoms with van der Waals surface area (Å²) in [6, 6.07) is 14.8. The van der Waals surface area contributed by atoms with Crippen LogP contribution in [0.4, 0.5) is 5.69 Å². The normalized spacial score (nSPS) is 10.7. The molecule has 0 radical (unpaired) electrons. The van der Waals surface area contributed by atoms with Crippen molar-refractivity contribution in [2.45, 2.75) is 0 Å². The highest BCUT2D eigenvalue weighted by Crippen LogP contribution is 2.17. The van der Waals surface area contributed by atoms with Crippen LogP contribution in [0, 0.1) is 10.1 Å². The second-order valence-corrected chi connectivity index (χ2v) is 5.59. The van der Waals surface area contributed by atoms with Crippen LogP contribution in [0.15, 0.2) is 64.2 Å². The third-order valence-corrected chi connectivity index (χ3v) is 3.67. The molecular formula is C19H13N3O6. The van der Waals surface area contributed by atoms with Gasteiger partial charge < -0.3 is 9.72 Å². The zero-order valence-corrected chi connectivity index (χ0v) is 14.2. The van der Waals surface area contributed by atoms with E-state index in [1.807, 2.05) is 4.98 Å². The monoisotopic (exact) mass is 379 g/mol. The molecule has 0 saturated heterocycles. The summed E-state index contributed by atoms with van der Waals surface area (Å²) in [6.07, 6.45) is 2.72. The number of ether oxygens (including phenoxy) is 1. The van der Waals surface area contributed by atoms with Gasteiger partial charge in [0.2, 0.25) is 0 Å². The van der Waals surface area contributed by atoms with E-state index in [1.54, 1.807) is 54.6 Å². The van der Waals surface area contributed by atoms with Gasteiger partial charge in [0.25, 0.3) is 0 Å². The predicted octanol–water partition coefficient (Wildman–Crippen LogP) is 2.36. The lowest BCUT2D eigenvalue weighted by molar-refractivity contribution is -0.386. The van der Waals surface area contributed by atoms with Crippen molar-refractivity contribution in [2.75, 3.05) is 0 Å². The second kappa shape index (κ2) is 7.96. The van der Waals surface area contributed by atoms with Crippen LogP contribution in [-0.4, -0.2) is 20.9 Å². The third-order valence-electron chi connectivity index (χ3n) is 3.67. The Morgan fingerprint density at radius 1 is 0.964 bits per heavy atom. The predicted molar refractivity (Wildman–Crippen MR) is 101 cm³/mol. The minimum Gasteiger partial charge on any atom is -0.423 e. The number of nitrogens with zero attached hydrogens (tertiary/aromatic N) is 1. The summed E-state index contributed by atoms with van der Waals surface area (Å²) >= 11 is 0. The molecule has 1 aromatic heterocycles. The first-order valence-electron chi connectivity index (χ1n) is 8.00. The molecule has 9 heteroatoms. The number of H-pyrrole nitrogens is 2. The van der Waals surface area contributed by atoms with Gasteiger partial charge in [0.1, 0.15) is 11.4 Å². The number of rotatable bonds is 5. The Hall–Kier alpha value is -4.27.